The van der Waals surface area contributed by atoms with Crippen molar-refractivity contribution in [2.24, 2.45) is 0 Å². The molecule has 2 aromatic heterocycles. The van der Waals surface area contributed by atoms with E-state index in [4.69, 9.17) is 14.2 Å². The van der Waals surface area contributed by atoms with Gasteiger partial charge in [-0.3, -0.25) is 4.57 Å². The molecule has 0 saturated carbocycles. The molecule has 0 saturated heterocycles. The van der Waals surface area contributed by atoms with E-state index in [0.717, 1.165) is 16.9 Å². The number of benzene rings is 2. The average Bonchev–Trinajstić information content (AvgIpc) is 2.85. The van der Waals surface area contributed by atoms with Gasteiger partial charge in [0.05, 0.1) is 12.8 Å². The number of aromatic nitrogens is 3. The van der Waals surface area contributed by atoms with E-state index in [1.165, 1.54) is 36.5 Å². The Kier molecular flexibility index (Phi) is 5.67. The summed E-state index contributed by atoms with van der Waals surface area (Å²) < 4.78 is 45.4. The Morgan fingerprint density at radius 1 is 1.03 bits per heavy atom. The molecule has 0 amide bonds. The first-order valence-electron chi connectivity index (χ1n) is 10.5. The maximum atomic E-state index is 14.5. The Morgan fingerprint density at radius 2 is 1.82 bits per heavy atom. The molecule has 0 spiro atoms. The molecule has 9 heteroatoms. The molecule has 0 atom stereocenters. The summed E-state index contributed by atoms with van der Waals surface area (Å²) in [6.45, 7) is 0.457. The van der Waals surface area contributed by atoms with E-state index in [2.05, 4.69) is 9.97 Å². The third-order valence-corrected chi connectivity index (χ3v) is 5.46. The molecule has 7 nitrogen and oxygen atoms in total. The highest BCUT2D eigenvalue weighted by Crippen LogP contribution is 2.32. The van der Waals surface area contributed by atoms with Crippen LogP contribution in [0.1, 0.15) is 11.1 Å². The average molecular weight is 463 g/mol. The Balaban J connectivity index is 1.33. The van der Waals surface area contributed by atoms with Gasteiger partial charge < -0.3 is 14.2 Å². The zero-order valence-electron chi connectivity index (χ0n) is 18.1. The van der Waals surface area contributed by atoms with Crippen molar-refractivity contribution in [3.05, 3.63) is 94.0 Å². The summed E-state index contributed by atoms with van der Waals surface area (Å²) in [4.78, 5) is 20.5. The van der Waals surface area contributed by atoms with Crippen LogP contribution < -0.4 is 19.9 Å². The van der Waals surface area contributed by atoms with E-state index < -0.39 is 17.3 Å². The van der Waals surface area contributed by atoms with Gasteiger partial charge in [-0.05, 0) is 60.5 Å². The van der Waals surface area contributed by atoms with Crippen LogP contribution in [0, 0.1) is 11.6 Å². The van der Waals surface area contributed by atoms with Crippen LogP contribution in [0.25, 0.3) is 11.3 Å². The van der Waals surface area contributed by atoms with Crippen molar-refractivity contribution in [3.8, 4) is 34.5 Å². The minimum atomic E-state index is -0.702. The largest absolute Gasteiger partial charge is 0.497 e. The zero-order chi connectivity index (χ0) is 23.7. The molecule has 2 aromatic carbocycles. The van der Waals surface area contributed by atoms with Gasteiger partial charge in [-0.25, -0.2) is 18.6 Å². The second-order valence-corrected chi connectivity index (χ2v) is 7.66. The normalized spacial score (nSPS) is 12.0. The van der Waals surface area contributed by atoms with Gasteiger partial charge in [0.15, 0.2) is 5.82 Å². The number of fused-ring (bicyclic) bond motifs is 3. The Morgan fingerprint density at radius 3 is 2.59 bits per heavy atom. The van der Waals surface area contributed by atoms with Crippen molar-refractivity contribution in [2.75, 3.05) is 7.11 Å². The van der Waals surface area contributed by atoms with E-state index in [1.54, 1.807) is 17.7 Å². The number of ether oxygens (including phenoxy) is 3. The molecule has 1 aliphatic heterocycles. The molecule has 34 heavy (non-hydrogen) atoms. The van der Waals surface area contributed by atoms with Crippen LogP contribution in [0.4, 0.5) is 8.78 Å². The first-order valence-corrected chi connectivity index (χ1v) is 10.5. The van der Waals surface area contributed by atoms with Crippen molar-refractivity contribution in [3.63, 3.8) is 0 Å². The zero-order valence-corrected chi connectivity index (χ0v) is 18.1. The van der Waals surface area contributed by atoms with Gasteiger partial charge in [0.25, 0.3) is 5.88 Å². The molecule has 4 aromatic rings. The van der Waals surface area contributed by atoms with E-state index in [-0.39, 0.29) is 24.1 Å². The van der Waals surface area contributed by atoms with Crippen LogP contribution in [-0.4, -0.2) is 21.6 Å². The van der Waals surface area contributed by atoms with Crippen molar-refractivity contribution in [2.45, 2.75) is 19.6 Å². The fourth-order valence-corrected chi connectivity index (χ4v) is 3.77. The number of halogens is 2. The van der Waals surface area contributed by atoms with Crippen LogP contribution in [0.5, 0.6) is 23.3 Å². The molecule has 5 rings (SSSR count). The second-order valence-electron chi connectivity index (χ2n) is 7.66. The quantitative estimate of drug-likeness (QED) is 0.419. The van der Waals surface area contributed by atoms with Crippen molar-refractivity contribution in [1.82, 2.24) is 14.5 Å². The summed E-state index contributed by atoms with van der Waals surface area (Å²) >= 11 is 0. The molecule has 0 N–H and O–H groups in total. The van der Waals surface area contributed by atoms with Gasteiger partial charge in [0.2, 0.25) is 5.88 Å². The first-order chi connectivity index (χ1) is 16.5. The van der Waals surface area contributed by atoms with E-state index in [9.17, 15) is 13.6 Å². The predicted molar refractivity (Wildman–Crippen MR) is 119 cm³/mol. The van der Waals surface area contributed by atoms with E-state index >= 15 is 0 Å². The van der Waals surface area contributed by atoms with Gasteiger partial charge in [-0.15, -0.1) is 0 Å². The lowest BCUT2D eigenvalue weighted by molar-refractivity contribution is 0.289. The van der Waals surface area contributed by atoms with Crippen LogP contribution in [-0.2, 0) is 19.6 Å². The number of hydrogen-bond donors (Lipinski definition) is 0. The molecular weight excluding hydrogens is 444 g/mol. The Bertz CT molecular complexity index is 1420. The molecule has 0 radical (unpaired) electrons. The minimum Gasteiger partial charge on any atom is -0.497 e. The van der Waals surface area contributed by atoms with Gasteiger partial charge in [-0.1, -0.05) is 0 Å². The number of nitrogens with zero attached hydrogens (tertiary/aromatic N) is 3. The van der Waals surface area contributed by atoms with Crippen LogP contribution in [0.2, 0.25) is 0 Å². The summed E-state index contributed by atoms with van der Waals surface area (Å²) in [6.07, 6.45) is 2.09. The fourth-order valence-electron chi connectivity index (χ4n) is 3.77. The lowest BCUT2D eigenvalue weighted by atomic mass is 9.97. The van der Waals surface area contributed by atoms with Crippen molar-refractivity contribution >= 4 is 0 Å². The predicted octanol–water partition coefficient (Wildman–Crippen LogP) is 4.52. The molecular formula is C25H19F2N3O4. The van der Waals surface area contributed by atoms with Gasteiger partial charge >= 0.3 is 5.69 Å². The SMILES string of the molecule is COc1ccc2c(c1)CCn1c-2cc(OCc2cnc(Oc3ccc(F)cc3)c(F)c2)nc1=O. The number of pyridine rings is 1. The number of aryl methyl sites for hydroxylation is 1. The summed E-state index contributed by atoms with van der Waals surface area (Å²) in [5.41, 5.74) is 2.69. The van der Waals surface area contributed by atoms with Crippen LogP contribution in [0.15, 0.2) is 65.6 Å². The minimum absolute atomic E-state index is 0.0495. The standard InChI is InChI=1S/C25H19F2N3O4/c1-32-19-6-7-20-16(11-19)8-9-30-22(20)12-23(29-25(30)31)33-14-15-10-21(27)24(28-13-15)34-18-4-2-17(26)3-5-18/h2-7,10-13H,8-9,14H2,1H3. The van der Waals surface area contributed by atoms with E-state index in [1.807, 2.05) is 18.2 Å². The fraction of sp³-hybridized carbons (Fsp3) is 0.160. The maximum Gasteiger partial charge on any atom is 0.351 e. The highest BCUT2D eigenvalue weighted by molar-refractivity contribution is 5.67. The lowest BCUT2D eigenvalue weighted by Crippen LogP contribution is -2.28. The van der Waals surface area contributed by atoms with Crippen LogP contribution in [0.3, 0.4) is 0 Å². The lowest BCUT2D eigenvalue weighted by Gasteiger charge is -2.22. The molecule has 172 valence electrons. The van der Waals surface area contributed by atoms with Crippen LogP contribution >= 0.6 is 0 Å². The number of hydrogen-bond acceptors (Lipinski definition) is 6. The molecule has 0 unspecified atom stereocenters. The molecule has 0 aliphatic carbocycles. The molecule has 0 bridgehead atoms. The number of methoxy groups -OCH3 is 1. The highest BCUT2D eigenvalue weighted by atomic mass is 19.1. The maximum absolute atomic E-state index is 14.5. The monoisotopic (exact) mass is 463 g/mol. The number of rotatable bonds is 6. The van der Waals surface area contributed by atoms with Crippen molar-refractivity contribution in [1.29, 1.82) is 0 Å². The topological polar surface area (TPSA) is 75.5 Å². The Hall–Kier alpha value is -4.27. The summed E-state index contributed by atoms with van der Waals surface area (Å²) in [7, 11) is 1.61. The smallest absolute Gasteiger partial charge is 0.351 e. The van der Waals surface area contributed by atoms with Gasteiger partial charge in [0.1, 0.15) is 23.9 Å². The van der Waals surface area contributed by atoms with Gasteiger partial charge in [0, 0.05) is 29.9 Å². The molecule has 0 fully saturated rings. The van der Waals surface area contributed by atoms with E-state index in [0.29, 0.717) is 24.2 Å². The molecule has 3 heterocycles. The van der Waals surface area contributed by atoms with Crippen molar-refractivity contribution < 1.29 is 23.0 Å². The second kappa shape index (κ2) is 8.93. The summed E-state index contributed by atoms with van der Waals surface area (Å²) in [5, 5.41) is 0. The first kappa shape index (κ1) is 21.6. The van der Waals surface area contributed by atoms with Gasteiger partial charge in [-0.2, -0.15) is 4.98 Å². The summed E-state index contributed by atoms with van der Waals surface area (Å²) in [5.74, 6) is -0.229. The third-order valence-electron chi connectivity index (χ3n) is 5.46. The summed E-state index contributed by atoms with van der Waals surface area (Å²) in [6, 6.07) is 13.8. The highest BCUT2D eigenvalue weighted by Gasteiger charge is 2.20. The Labute approximate surface area is 193 Å². The molecule has 1 aliphatic rings. The third kappa shape index (κ3) is 4.32.